The van der Waals surface area contributed by atoms with Crippen LogP contribution in [0.3, 0.4) is 0 Å². The van der Waals surface area contributed by atoms with E-state index in [-0.39, 0.29) is 11.9 Å². The number of methoxy groups -OCH3 is 1. The lowest BCUT2D eigenvalue weighted by Gasteiger charge is -2.14. The van der Waals surface area contributed by atoms with Crippen molar-refractivity contribution in [2.24, 2.45) is 0 Å². The Morgan fingerprint density at radius 3 is 2.76 bits per heavy atom. The summed E-state index contributed by atoms with van der Waals surface area (Å²) >= 11 is 3.39. The largest absolute Gasteiger partial charge is 0.493 e. The summed E-state index contributed by atoms with van der Waals surface area (Å²) in [5, 5.41) is 12.7. The predicted molar refractivity (Wildman–Crippen MR) is 76.8 cm³/mol. The van der Waals surface area contributed by atoms with Crippen LogP contribution in [0.4, 0.5) is 0 Å². The molecule has 2 aromatic rings. The van der Waals surface area contributed by atoms with Gasteiger partial charge in [-0.05, 0) is 25.0 Å². The molecule has 0 radical (unpaired) electrons. The fourth-order valence-corrected chi connectivity index (χ4v) is 2.32. The van der Waals surface area contributed by atoms with Gasteiger partial charge in [-0.25, -0.2) is 4.79 Å². The first-order valence-corrected chi connectivity index (χ1v) is 7.12. The standard InChI is InChI=1S/C14H12BrNO5/c1-19-11-5-7(15)4-9(13(11)20-8-2-3-8)10-6-12(14(17)18)21-16-10/h4-6,8H,2-3H2,1H3,(H,17,18). The third-order valence-corrected chi connectivity index (χ3v) is 3.50. The van der Waals surface area contributed by atoms with Crippen LogP contribution >= 0.6 is 15.9 Å². The summed E-state index contributed by atoms with van der Waals surface area (Å²) in [5.41, 5.74) is 1.02. The average molecular weight is 354 g/mol. The Morgan fingerprint density at radius 1 is 1.43 bits per heavy atom. The number of ether oxygens (including phenoxy) is 2. The molecule has 0 unspecified atom stereocenters. The van der Waals surface area contributed by atoms with E-state index >= 15 is 0 Å². The maximum Gasteiger partial charge on any atom is 0.374 e. The number of benzene rings is 1. The Kier molecular flexibility index (Phi) is 3.59. The van der Waals surface area contributed by atoms with E-state index in [0.717, 1.165) is 17.3 Å². The van der Waals surface area contributed by atoms with Crippen molar-refractivity contribution in [3.8, 4) is 22.8 Å². The van der Waals surface area contributed by atoms with Crippen LogP contribution in [0.2, 0.25) is 0 Å². The summed E-state index contributed by atoms with van der Waals surface area (Å²) in [6.45, 7) is 0. The lowest BCUT2D eigenvalue weighted by Crippen LogP contribution is -2.01. The lowest BCUT2D eigenvalue weighted by atomic mass is 10.1. The molecule has 1 heterocycles. The van der Waals surface area contributed by atoms with Crippen LogP contribution < -0.4 is 9.47 Å². The maximum absolute atomic E-state index is 10.9. The molecule has 0 spiro atoms. The Labute approximate surface area is 128 Å². The van der Waals surface area contributed by atoms with E-state index in [1.54, 1.807) is 19.2 Å². The van der Waals surface area contributed by atoms with Gasteiger partial charge in [0.25, 0.3) is 0 Å². The third-order valence-electron chi connectivity index (χ3n) is 3.05. The quantitative estimate of drug-likeness (QED) is 0.887. The van der Waals surface area contributed by atoms with Crippen LogP contribution in [0.25, 0.3) is 11.3 Å². The molecule has 0 atom stereocenters. The molecule has 0 saturated heterocycles. The van der Waals surface area contributed by atoms with Gasteiger partial charge >= 0.3 is 5.97 Å². The Morgan fingerprint density at radius 2 is 2.19 bits per heavy atom. The molecule has 7 heteroatoms. The van der Waals surface area contributed by atoms with Crippen LogP contribution in [-0.2, 0) is 0 Å². The summed E-state index contributed by atoms with van der Waals surface area (Å²) in [4.78, 5) is 10.9. The monoisotopic (exact) mass is 353 g/mol. The number of hydrogen-bond acceptors (Lipinski definition) is 5. The molecule has 3 rings (SSSR count). The molecule has 110 valence electrons. The second-order valence-corrected chi connectivity index (χ2v) is 5.60. The van der Waals surface area contributed by atoms with Gasteiger partial charge < -0.3 is 19.1 Å². The van der Waals surface area contributed by atoms with Crippen molar-refractivity contribution in [3.05, 3.63) is 28.4 Å². The van der Waals surface area contributed by atoms with Gasteiger partial charge in [-0.15, -0.1) is 0 Å². The minimum atomic E-state index is -1.17. The minimum Gasteiger partial charge on any atom is -0.493 e. The molecule has 1 saturated carbocycles. The van der Waals surface area contributed by atoms with Crippen LogP contribution in [0.5, 0.6) is 11.5 Å². The van der Waals surface area contributed by atoms with Gasteiger partial charge in [0.15, 0.2) is 11.5 Å². The molecule has 0 amide bonds. The van der Waals surface area contributed by atoms with E-state index in [0.29, 0.717) is 22.8 Å². The molecule has 1 aromatic heterocycles. The number of rotatable bonds is 5. The number of hydrogen-bond donors (Lipinski definition) is 1. The van der Waals surface area contributed by atoms with E-state index < -0.39 is 5.97 Å². The minimum absolute atomic E-state index is 0.171. The molecule has 0 bridgehead atoms. The highest BCUT2D eigenvalue weighted by Crippen LogP contribution is 2.43. The molecule has 1 aliphatic rings. The van der Waals surface area contributed by atoms with Crippen LogP contribution in [0.1, 0.15) is 23.4 Å². The zero-order valence-electron chi connectivity index (χ0n) is 11.1. The van der Waals surface area contributed by atoms with Crippen LogP contribution in [-0.4, -0.2) is 29.4 Å². The summed E-state index contributed by atoms with van der Waals surface area (Å²) in [6.07, 6.45) is 2.17. The number of aromatic nitrogens is 1. The Hall–Kier alpha value is -2.02. The van der Waals surface area contributed by atoms with Crippen molar-refractivity contribution in [3.63, 3.8) is 0 Å². The maximum atomic E-state index is 10.9. The summed E-state index contributed by atoms with van der Waals surface area (Å²) in [5.74, 6) is -0.277. The predicted octanol–water partition coefficient (Wildman–Crippen LogP) is 3.35. The lowest BCUT2D eigenvalue weighted by molar-refractivity contribution is 0.0652. The first-order valence-electron chi connectivity index (χ1n) is 6.33. The normalized spacial score (nSPS) is 14.0. The van der Waals surface area contributed by atoms with Crippen LogP contribution in [0, 0.1) is 0 Å². The zero-order valence-corrected chi connectivity index (χ0v) is 12.7. The van der Waals surface area contributed by atoms with Crippen molar-refractivity contribution < 1.29 is 23.9 Å². The highest BCUT2D eigenvalue weighted by molar-refractivity contribution is 9.10. The van der Waals surface area contributed by atoms with Crippen molar-refractivity contribution >= 4 is 21.9 Å². The van der Waals surface area contributed by atoms with Gasteiger partial charge in [-0.1, -0.05) is 21.1 Å². The van der Waals surface area contributed by atoms with E-state index in [2.05, 4.69) is 21.1 Å². The van der Waals surface area contributed by atoms with Crippen molar-refractivity contribution in [2.45, 2.75) is 18.9 Å². The number of carboxylic acid groups (broad SMARTS) is 1. The van der Waals surface area contributed by atoms with Crippen molar-refractivity contribution in [1.29, 1.82) is 0 Å². The third kappa shape index (κ3) is 2.87. The molecular formula is C14H12BrNO5. The Balaban J connectivity index is 2.09. The molecule has 1 aromatic carbocycles. The number of carbonyl (C=O) groups is 1. The topological polar surface area (TPSA) is 81.8 Å². The molecule has 6 nitrogen and oxygen atoms in total. The molecule has 1 N–H and O–H groups in total. The van der Waals surface area contributed by atoms with Gasteiger partial charge in [0, 0.05) is 10.5 Å². The van der Waals surface area contributed by atoms with E-state index in [4.69, 9.17) is 19.1 Å². The molecule has 1 aliphatic carbocycles. The van der Waals surface area contributed by atoms with Gasteiger partial charge in [0.2, 0.25) is 5.76 Å². The molecule has 21 heavy (non-hydrogen) atoms. The van der Waals surface area contributed by atoms with Crippen molar-refractivity contribution in [2.75, 3.05) is 7.11 Å². The fraction of sp³-hybridized carbons (Fsp3) is 0.286. The first kappa shape index (κ1) is 13.9. The highest BCUT2D eigenvalue weighted by atomic mass is 79.9. The SMILES string of the molecule is COc1cc(Br)cc(-c2cc(C(=O)O)on2)c1OC1CC1. The number of halogens is 1. The fourth-order valence-electron chi connectivity index (χ4n) is 1.89. The van der Waals surface area contributed by atoms with E-state index in [9.17, 15) is 4.79 Å². The van der Waals surface area contributed by atoms with Crippen LogP contribution in [0.15, 0.2) is 27.2 Å². The Bertz CT molecular complexity index is 693. The van der Waals surface area contributed by atoms with Crippen molar-refractivity contribution in [1.82, 2.24) is 5.16 Å². The van der Waals surface area contributed by atoms with Gasteiger partial charge in [0.05, 0.1) is 18.8 Å². The zero-order chi connectivity index (χ0) is 15.0. The van der Waals surface area contributed by atoms with Gasteiger partial charge in [-0.2, -0.15) is 0 Å². The first-order chi connectivity index (χ1) is 10.1. The molecule has 0 aliphatic heterocycles. The second kappa shape index (κ2) is 5.40. The van der Waals surface area contributed by atoms with E-state index in [1.165, 1.54) is 6.07 Å². The number of carboxylic acids is 1. The highest BCUT2D eigenvalue weighted by Gasteiger charge is 2.28. The van der Waals surface area contributed by atoms with Gasteiger partial charge in [-0.3, -0.25) is 0 Å². The smallest absolute Gasteiger partial charge is 0.374 e. The average Bonchev–Trinajstić information content (AvgIpc) is 3.13. The number of nitrogens with zero attached hydrogens (tertiary/aromatic N) is 1. The summed E-state index contributed by atoms with van der Waals surface area (Å²) in [7, 11) is 1.55. The molecular weight excluding hydrogens is 342 g/mol. The molecule has 1 fully saturated rings. The summed E-state index contributed by atoms with van der Waals surface area (Å²) < 4.78 is 16.8. The van der Waals surface area contributed by atoms with Gasteiger partial charge in [0.1, 0.15) is 5.69 Å². The second-order valence-electron chi connectivity index (χ2n) is 4.68. The number of aromatic carboxylic acids is 1. The summed E-state index contributed by atoms with van der Waals surface area (Å²) in [6, 6.07) is 4.95. The van der Waals surface area contributed by atoms with E-state index in [1.807, 2.05) is 0 Å².